The lowest BCUT2D eigenvalue weighted by molar-refractivity contribution is -0.143. The maximum atomic E-state index is 12.2. The van der Waals surface area contributed by atoms with Gasteiger partial charge in [0, 0.05) is 18.9 Å². The molecule has 2 aromatic carbocycles. The quantitative estimate of drug-likeness (QED) is 0.488. The van der Waals surface area contributed by atoms with E-state index in [9.17, 15) is 19.5 Å². The summed E-state index contributed by atoms with van der Waals surface area (Å²) in [4.78, 5) is 35.5. The highest BCUT2D eigenvalue weighted by Crippen LogP contribution is 2.44. The van der Waals surface area contributed by atoms with Crippen molar-refractivity contribution >= 4 is 18.0 Å². The Labute approximate surface area is 188 Å². The van der Waals surface area contributed by atoms with Crippen LogP contribution in [-0.2, 0) is 14.3 Å². The fourth-order valence-electron chi connectivity index (χ4n) is 4.02. The summed E-state index contributed by atoms with van der Waals surface area (Å²) in [7, 11) is 0. The van der Waals surface area contributed by atoms with Crippen LogP contribution in [0.1, 0.15) is 50.2 Å². The van der Waals surface area contributed by atoms with E-state index in [1.165, 1.54) is 11.1 Å². The van der Waals surface area contributed by atoms with Gasteiger partial charge in [0.2, 0.25) is 5.91 Å². The van der Waals surface area contributed by atoms with E-state index in [2.05, 4.69) is 34.9 Å². The molecule has 0 saturated carbocycles. The molecule has 3 rings (SSSR count). The normalized spacial score (nSPS) is 14.1. The number of fused-ring (bicyclic) bond motifs is 3. The topological polar surface area (TPSA) is 105 Å². The van der Waals surface area contributed by atoms with Crippen molar-refractivity contribution in [3.63, 3.8) is 0 Å². The van der Waals surface area contributed by atoms with Gasteiger partial charge in [-0.25, -0.2) is 9.59 Å². The number of carboxylic acids is 1. The van der Waals surface area contributed by atoms with Crippen molar-refractivity contribution in [2.45, 2.75) is 45.1 Å². The minimum absolute atomic E-state index is 0.00700. The van der Waals surface area contributed by atoms with Gasteiger partial charge in [0.05, 0.1) is 0 Å². The van der Waals surface area contributed by atoms with Crippen LogP contribution in [0.2, 0.25) is 0 Å². The molecule has 0 heterocycles. The largest absolute Gasteiger partial charge is 0.480 e. The Kier molecular flexibility index (Phi) is 7.87. The zero-order valence-electron chi connectivity index (χ0n) is 18.5. The Morgan fingerprint density at radius 3 is 2.19 bits per heavy atom. The Balaban J connectivity index is 1.43. The SMILES string of the molecule is CC[C@H](C)[C@H](NC(=O)CCCNC(=O)OCC1c2ccccc2-c2ccccc21)C(=O)O. The number of carboxylic acid groups (broad SMARTS) is 1. The minimum atomic E-state index is -1.04. The second-order valence-corrected chi connectivity index (χ2v) is 8.12. The number of amides is 2. The summed E-state index contributed by atoms with van der Waals surface area (Å²) in [5, 5.41) is 14.5. The number of hydrogen-bond acceptors (Lipinski definition) is 4. The van der Waals surface area contributed by atoms with Gasteiger partial charge in [0.15, 0.2) is 0 Å². The Morgan fingerprint density at radius 2 is 1.62 bits per heavy atom. The van der Waals surface area contributed by atoms with Crippen molar-refractivity contribution < 1.29 is 24.2 Å². The molecule has 7 nitrogen and oxygen atoms in total. The summed E-state index contributed by atoms with van der Waals surface area (Å²) >= 11 is 0. The van der Waals surface area contributed by atoms with Gasteiger partial charge < -0.3 is 20.5 Å². The lowest BCUT2D eigenvalue weighted by Gasteiger charge is -2.20. The van der Waals surface area contributed by atoms with E-state index in [-0.39, 0.29) is 37.3 Å². The highest BCUT2D eigenvalue weighted by atomic mass is 16.5. The number of carbonyl (C=O) groups excluding carboxylic acids is 2. The molecule has 0 fully saturated rings. The highest BCUT2D eigenvalue weighted by Gasteiger charge is 2.29. The number of hydrogen-bond donors (Lipinski definition) is 3. The molecule has 0 aromatic heterocycles. The van der Waals surface area contributed by atoms with E-state index in [0.717, 1.165) is 11.1 Å². The molecule has 1 aliphatic rings. The van der Waals surface area contributed by atoms with E-state index >= 15 is 0 Å². The first-order chi connectivity index (χ1) is 15.4. The molecule has 2 aromatic rings. The zero-order valence-corrected chi connectivity index (χ0v) is 18.5. The van der Waals surface area contributed by atoms with E-state index in [1.807, 2.05) is 31.2 Å². The summed E-state index contributed by atoms with van der Waals surface area (Å²) < 4.78 is 5.46. The molecule has 32 heavy (non-hydrogen) atoms. The minimum Gasteiger partial charge on any atom is -0.480 e. The molecular weight excluding hydrogens is 408 g/mol. The summed E-state index contributed by atoms with van der Waals surface area (Å²) in [6, 6.07) is 15.4. The fourth-order valence-corrected chi connectivity index (χ4v) is 4.02. The highest BCUT2D eigenvalue weighted by molar-refractivity contribution is 5.83. The van der Waals surface area contributed by atoms with Crippen LogP contribution in [0.3, 0.4) is 0 Å². The third-order valence-electron chi connectivity index (χ3n) is 5.99. The summed E-state index contributed by atoms with van der Waals surface area (Å²) in [6.07, 6.45) is 0.642. The average Bonchev–Trinajstić information content (AvgIpc) is 3.12. The van der Waals surface area contributed by atoms with E-state index in [4.69, 9.17) is 4.74 Å². The molecular formula is C25H30N2O5. The number of alkyl carbamates (subject to hydrolysis) is 1. The van der Waals surface area contributed by atoms with E-state index in [0.29, 0.717) is 12.8 Å². The van der Waals surface area contributed by atoms with Crippen LogP contribution in [0.4, 0.5) is 4.79 Å². The Bertz CT molecular complexity index is 929. The fraction of sp³-hybridized carbons (Fsp3) is 0.400. The molecule has 1 aliphatic carbocycles. The predicted molar refractivity (Wildman–Crippen MR) is 121 cm³/mol. The number of benzene rings is 2. The first kappa shape index (κ1) is 23.3. The van der Waals surface area contributed by atoms with Crippen molar-refractivity contribution in [1.82, 2.24) is 10.6 Å². The Morgan fingerprint density at radius 1 is 1.03 bits per heavy atom. The van der Waals surface area contributed by atoms with Crippen molar-refractivity contribution in [2.24, 2.45) is 5.92 Å². The van der Waals surface area contributed by atoms with Gasteiger partial charge in [-0.2, -0.15) is 0 Å². The molecule has 0 radical (unpaired) electrons. The number of ether oxygens (including phenoxy) is 1. The Hall–Kier alpha value is -3.35. The van der Waals surface area contributed by atoms with Gasteiger partial charge in [0.25, 0.3) is 0 Å². The van der Waals surface area contributed by atoms with E-state index in [1.54, 1.807) is 6.92 Å². The van der Waals surface area contributed by atoms with Crippen LogP contribution in [0.5, 0.6) is 0 Å². The molecule has 2 amide bonds. The smallest absolute Gasteiger partial charge is 0.407 e. The maximum absolute atomic E-state index is 12.2. The molecule has 2 atom stereocenters. The van der Waals surface area contributed by atoms with Gasteiger partial charge in [-0.05, 0) is 34.6 Å². The number of aliphatic carboxylic acids is 1. The van der Waals surface area contributed by atoms with Gasteiger partial charge in [-0.3, -0.25) is 4.79 Å². The third-order valence-corrected chi connectivity index (χ3v) is 5.99. The van der Waals surface area contributed by atoms with Crippen LogP contribution < -0.4 is 10.6 Å². The van der Waals surface area contributed by atoms with Crippen molar-refractivity contribution in [1.29, 1.82) is 0 Å². The second-order valence-electron chi connectivity index (χ2n) is 8.12. The van der Waals surface area contributed by atoms with E-state index < -0.39 is 18.1 Å². The summed E-state index contributed by atoms with van der Waals surface area (Å²) in [5.74, 6) is -1.54. The molecule has 170 valence electrons. The van der Waals surface area contributed by atoms with Crippen molar-refractivity contribution in [2.75, 3.05) is 13.2 Å². The second kappa shape index (κ2) is 10.8. The molecule has 0 spiro atoms. The predicted octanol–water partition coefficient (Wildman–Crippen LogP) is 3.92. The number of carbonyl (C=O) groups is 3. The summed E-state index contributed by atoms with van der Waals surface area (Å²) in [5.41, 5.74) is 4.63. The standard InChI is InChI=1S/C25H30N2O5/c1-3-16(2)23(24(29)30)27-22(28)13-8-14-26-25(31)32-15-21-19-11-6-4-9-17(19)18-10-5-7-12-20(18)21/h4-7,9-12,16,21,23H,3,8,13-15H2,1-2H3,(H,26,31)(H,27,28)(H,29,30)/t16-,23-/m0/s1. The van der Waals surface area contributed by atoms with Crippen LogP contribution in [-0.4, -0.2) is 42.3 Å². The first-order valence-corrected chi connectivity index (χ1v) is 11.0. The molecule has 3 N–H and O–H groups in total. The molecule has 0 unspecified atom stereocenters. The van der Waals surface area contributed by atoms with Gasteiger partial charge >= 0.3 is 12.1 Å². The first-order valence-electron chi connectivity index (χ1n) is 11.0. The van der Waals surface area contributed by atoms with Crippen LogP contribution in [0, 0.1) is 5.92 Å². The van der Waals surface area contributed by atoms with Gasteiger partial charge in [-0.15, -0.1) is 0 Å². The van der Waals surface area contributed by atoms with Gasteiger partial charge in [-0.1, -0.05) is 68.8 Å². The maximum Gasteiger partial charge on any atom is 0.407 e. The van der Waals surface area contributed by atoms with Crippen molar-refractivity contribution in [3.05, 3.63) is 59.7 Å². The zero-order chi connectivity index (χ0) is 23.1. The molecule has 0 bridgehead atoms. The van der Waals surface area contributed by atoms with Gasteiger partial charge in [0.1, 0.15) is 12.6 Å². The summed E-state index contributed by atoms with van der Waals surface area (Å²) in [6.45, 7) is 4.17. The van der Waals surface area contributed by atoms with Crippen molar-refractivity contribution in [3.8, 4) is 11.1 Å². The lowest BCUT2D eigenvalue weighted by Crippen LogP contribution is -2.45. The lowest BCUT2D eigenvalue weighted by atomic mass is 9.98. The van der Waals surface area contributed by atoms with Crippen LogP contribution >= 0.6 is 0 Å². The number of rotatable bonds is 10. The van der Waals surface area contributed by atoms with Crippen LogP contribution in [0.25, 0.3) is 11.1 Å². The van der Waals surface area contributed by atoms with Crippen LogP contribution in [0.15, 0.2) is 48.5 Å². The molecule has 0 aliphatic heterocycles. The molecule has 0 saturated heterocycles. The average molecular weight is 439 g/mol. The third kappa shape index (κ3) is 5.46. The monoisotopic (exact) mass is 438 g/mol. The number of nitrogens with one attached hydrogen (secondary N) is 2. The molecule has 7 heteroatoms.